The van der Waals surface area contributed by atoms with Crippen LogP contribution in [0.15, 0.2) is 0 Å². The highest BCUT2D eigenvalue weighted by Gasteiger charge is 2.48. The van der Waals surface area contributed by atoms with Gasteiger partial charge in [0.1, 0.15) is 5.78 Å². The Bertz CT molecular complexity index is 363. The van der Waals surface area contributed by atoms with E-state index in [0.29, 0.717) is 23.7 Å². The summed E-state index contributed by atoms with van der Waals surface area (Å²) in [5.41, 5.74) is 0. The highest BCUT2D eigenvalue weighted by molar-refractivity contribution is 5.82. The zero-order valence-electron chi connectivity index (χ0n) is 13.0. The quantitative estimate of drug-likeness (QED) is 0.839. The van der Waals surface area contributed by atoms with Gasteiger partial charge in [-0.25, -0.2) is 0 Å². The number of likely N-dealkylation sites (tertiary alicyclic amines) is 1. The van der Waals surface area contributed by atoms with Crippen LogP contribution in [0, 0.1) is 17.8 Å². The van der Waals surface area contributed by atoms with Crippen LogP contribution in [0.4, 0.5) is 0 Å². The smallest absolute Gasteiger partial charge is 0.226 e. The lowest BCUT2D eigenvalue weighted by molar-refractivity contribution is -0.139. The lowest BCUT2D eigenvalue weighted by Crippen LogP contribution is -2.46. The van der Waals surface area contributed by atoms with Crippen molar-refractivity contribution in [2.75, 3.05) is 19.6 Å². The van der Waals surface area contributed by atoms with Gasteiger partial charge in [0, 0.05) is 24.4 Å². The van der Waals surface area contributed by atoms with Crippen LogP contribution < -0.4 is 5.32 Å². The highest BCUT2D eigenvalue weighted by atomic mass is 16.2. The molecule has 114 valence electrons. The molecule has 20 heavy (non-hydrogen) atoms. The second-order valence-corrected chi connectivity index (χ2v) is 6.12. The van der Waals surface area contributed by atoms with Gasteiger partial charge in [-0.2, -0.15) is 0 Å². The van der Waals surface area contributed by atoms with E-state index in [1.807, 2.05) is 13.8 Å². The molecule has 0 radical (unpaired) electrons. The van der Waals surface area contributed by atoms with E-state index in [2.05, 4.69) is 10.2 Å². The van der Waals surface area contributed by atoms with Crippen LogP contribution in [-0.4, -0.2) is 42.3 Å². The first-order chi connectivity index (χ1) is 9.66. The van der Waals surface area contributed by atoms with Crippen molar-refractivity contribution in [3.05, 3.63) is 0 Å². The summed E-state index contributed by atoms with van der Waals surface area (Å²) in [5.74, 6) is 1.56. The zero-order valence-corrected chi connectivity index (χ0v) is 13.0. The standard InChI is InChI=1S/C14H22N2O2.C2H6/c1-9(17)13-7-12-6-11(13)8-16(12)14(18)10-2-4-15-5-3-10;1-2/h10-13,15H,2-8H2,1H3;1-2H3. The van der Waals surface area contributed by atoms with E-state index >= 15 is 0 Å². The number of amides is 1. The summed E-state index contributed by atoms with van der Waals surface area (Å²) in [5, 5.41) is 3.30. The Morgan fingerprint density at radius 2 is 1.75 bits per heavy atom. The number of nitrogens with one attached hydrogen (secondary N) is 1. The maximum atomic E-state index is 12.5. The van der Waals surface area contributed by atoms with Crippen LogP contribution in [0.25, 0.3) is 0 Å². The van der Waals surface area contributed by atoms with E-state index in [-0.39, 0.29) is 11.8 Å². The van der Waals surface area contributed by atoms with E-state index in [4.69, 9.17) is 0 Å². The molecule has 4 nitrogen and oxygen atoms in total. The SMILES string of the molecule is CC.CC(=O)C1CC2CC1CN2C(=O)C1CCNCC1. The van der Waals surface area contributed by atoms with Crippen molar-refractivity contribution in [2.45, 2.75) is 52.5 Å². The van der Waals surface area contributed by atoms with Gasteiger partial charge in [-0.05, 0) is 51.6 Å². The molecule has 0 aromatic heterocycles. The topological polar surface area (TPSA) is 49.4 Å². The van der Waals surface area contributed by atoms with Crippen LogP contribution in [0.5, 0.6) is 0 Å². The third-order valence-electron chi connectivity index (χ3n) is 5.04. The van der Waals surface area contributed by atoms with Crippen molar-refractivity contribution in [1.82, 2.24) is 10.2 Å². The fourth-order valence-corrected chi connectivity index (χ4v) is 4.02. The molecule has 2 saturated heterocycles. The van der Waals surface area contributed by atoms with Crippen LogP contribution in [0.3, 0.4) is 0 Å². The lowest BCUT2D eigenvalue weighted by atomic mass is 9.90. The first-order valence-electron chi connectivity index (χ1n) is 8.18. The van der Waals surface area contributed by atoms with Crippen molar-refractivity contribution in [2.24, 2.45) is 17.8 Å². The molecule has 2 aliphatic heterocycles. The fraction of sp³-hybridized carbons (Fsp3) is 0.875. The van der Waals surface area contributed by atoms with Gasteiger partial charge in [0.05, 0.1) is 0 Å². The number of carbonyl (C=O) groups excluding carboxylic acids is 2. The van der Waals surface area contributed by atoms with E-state index in [0.717, 1.165) is 45.3 Å². The molecule has 3 atom stereocenters. The third-order valence-corrected chi connectivity index (χ3v) is 5.04. The number of carbonyl (C=O) groups is 2. The molecule has 0 aromatic carbocycles. The molecule has 3 aliphatic rings. The van der Waals surface area contributed by atoms with Crippen LogP contribution in [-0.2, 0) is 9.59 Å². The number of ketones is 1. The van der Waals surface area contributed by atoms with Crippen molar-refractivity contribution < 1.29 is 9.59 Å². The molecule has 2 bridgehead atoms. The predicted octanol–water partition coefficient (Wildman–Crippen LogP) is 1.84. The summed E-state index contributed by atoms with van der Waals surface area (Å²) in [6.07, 6.45) is 3.92. The number of hydrogen-bond donors (Lipinski definition) is 1. The van der Waals surface area contributed by atoms with Gasteiger partial charge in [-0.3, -0.25) is 9.59 Å². The molecule has 1 aliphatic carbocycles. The minimum absolute atomic E-state index is 0.223. The van der Waals surface area contributed by atoms with Gasteiger partial charge in [-0.15, -0.1) is 0 Å². The monoisotopic (exact) mass is 280 g/mol. The Kier molecular flexibility index (Phi) is 5.19. The number of Topliss-reactive ketones (excluding diaryl/α,β-unsaturated/α-hetero) is 1. The largest absolute Gasteiger partial charge is 0.339 e. The number of piperidine rings is 2. The molecule has 4 heteroatoms. The van der Waals surface area contributed by atoms with E-state index < -0.39 is 0 Å². The summed E-state index contributed by atoms with van der Waals surface area (Å²) in [4.78, 5) is 26.1. The Labute approximate surface area is 122 Å². The zero-order chi connectivity index (χ0) is 14.7. The number of nitrogens with zero attached hydrogens (tertiary/aromatic N) is 1. The normalized spacial score (nSPS) is 32.8. The summed E-state index contributed by atoms with van der Waals surface area (Å²) >= 11 is 0. The van der Waals surface area contributed by atoms with Crippen molar-refractivity contribution >= 4 is 11.7 Å². The lowest BCUT2D eigenvalue weighted by Gasteiger charge is -2.34. The second kappa shape index (κ2) is 6.70. The Morgan fingerprint density at radius 3 is 2.25 bits per heavy atom. The minimum atomic E-state index is 0.223. The Balaban J connectivity index is 0.000000704. The van der Waals surface area contributed by atoms with Crippen LogP contribution >= 0.6 is 0 Å². The Hall–Kier alpha value is -0.900. The van der Waals surface area contributed by atoms with Crippen LogP contribution in [0.2, 0.25) is 0 Å². The molecular formula is C16H28N2O2. The van der Waals surface area contributed by atoms with Crippen molar-refractivity contribution in [1.29, 1.82) is 0 Å². The third kappa shape index (κ3) is 2.90. The maximum Gasteiger partial charge on any atom is 0.226 e. The predicted molar refractivity (Wildman–Crippen MR) is 79.3 cm³/mol. The van der Waals surface area contributed by atoms with Crippen molar-refractivity contribution in [3.63, 3.8) is 0 Å². The van der Waals surface area contributed by atoms with Gasteiger partial charge >= 0.3 is 0 Å². The minimum Gasteiger partial charge on any atom is -0.339 e. The number of fused-ring (bicyclic) bond motifs is 2. The first kappa shape index (κ1) is 15.5. The molecule has 3 unspecified atom stereocenters. The molecule has 1 saturated carbocycles. The molecule has 3 fully saturated rings. The first-order valence-corrected chi connectivity index (χ1v) is 8.18. The molecule has 0 aromatic rings. The van der Waals surface area contributed by atoms with Gasteiger partial charge in [0.15, 0.2) is 0 Å². The molecule has 3 rings (SSSR count). The molecule has 1 amide bonds. The molecule has 2 heterocycles. The number of hydrogen-bond acceptors (Lipinski definition) is 3. The highest BCUT2D eigenvalue weighted by Crippen LogP contribution is 2.43. The number of rotatable bonds is 2. The van der Waals surface area contributed by atoms with E-state index in [1.54, 1.807) is 6.92 Å². The Morgan fingerprint density at radius 1 is 1.10 bits per heavy atom. The summed E-state index contributed by atoms with van der Waals surface area (Å²) in [7, 11) is 0. The molecule has 0 spiro atoms. The van der Waals surface area contributed by atoms with E-state index in [9.17, 15) is 9.59 Å². The average Bonchev–Trinajstić information content (AvgIpc) is 3.09. The van der Waals surface area contributed by atoms with Gasteiger partial charge in [0.25, 0.3) is 0 Å². The molecular weight excluding hydrogens is 252 g/mol. The second-order valence-electron chi connectivity index (χ2n) is 6.12. The summed E-state index contributed by atoms with van der Waals surface area (Å²) in [6.45, 7) is 8.46. The summed E-state index contributed by atoms with van der Waals surface area (Å²) < 4.78 is 0. The van der Waals surface area contributed by atoms with Gasteiger partial charge in [-0.1, -0.05) is 13.8 Å². The fourth-order valence-electron chi connectivity index (χ4n) is 4.02. The van der Waals surface area contributed by atoms with Gasteiger partial charge in [0.2, 0.25) is 5.91 Å². The van der Waals surface area contributed by atoms with Gasteiger partial charge < -0.3 is 10.2 Å². The molecule has 1 N–H and O–H groups in total. The average molecular weight is 280 g/mol. The van der Waals surface area contributed by atoms with Crippen molar-refractivity contribution in [3.8, 4) is 0 Å². The van der Waals surface area contributed by atoms with Crippen LogP contribution in [0.1, 0.15) is 46.5 Å². The van der Waals surface area contributed by atoms with E-state index in [1.165, 1.54) is 0 Å². The maximum absolute atomic E-state index is 12.5. The summed E-state index contributed by atoms with van der Waals surface area (Å²) in [6, 6.07) is 0.353.